The molecule has 0 saturated heterocycles. The van der Waals surface area contributed by atoms with Crippen molar-refractivity contribution in [1.82, 2.24) is 0 Å². The zero-order chi connectivity index (χ0) is 15.2. The van der Waals surface area contributed by atoms with Crippen LogP contribution in [0.3, 0.4) is 0 Å². The molecule has 21 heavy (non-hydrogen) atoms. The van der Waals surface area contributed by atoms with Crippen molar-refractivity contribution in [2.24, 2.45) is 0 Å². The van der Waals surface area contributed by atoms with Gasteiger partial charge in [0.25, 0.3) is 0 Å². The smallest absolute Gasteiger partial charge is 0.127 e. The number of hydrogen-bond acceptors (Lipinski definition) is 2. The molecule has 0 radical (unpaired) electrons. The molecule has 2 unspecified atom stereocenters. The standard InChI is InChI=1S/C17H18ClFO2/c1-2-21-17(12-7-4-3-5-8-12)16(20)11-13-14(18)9-6-10-15(13)19/h3-10,16-17,20H,2,11H2,1H3. The van der Waals surface area contributed by atoms with Gasteiger partial charge in [0.2, 0.25) is 0 Å². The molecule has 0 aliphatic carbocycles. The van der Waals surface area contributed by atoms with E-state index in [4.69, 9.17) is 16.3 Å². The summed E-state index contributed by atoms with van der Waals surface area (Å²) in [6.45, 7) is 2.32. The highest BCUT2D eigenvalue weighted by Crippen LogP contribution is 2.27. The molecular formula is C17H18ClFO2. The van der Waals surface area contributed by atoms with Gasteiger partial charge in [-0.2, -0.15) is 0 Å². The Kier molecular flexibility index (Phi) is 5.74. The predicted molar refractivity (Wildman–Crippen MR) is 81.9 cm³/mol. The van der Waals surface area contributed by atoms with Gasteiger partial charge in [-0.25, -0.2) is 4.39 Å². The van der Waals surface area contributed by atoms with Crippen LogP contribution < -0.4 is 0 Å². The van der Waals surface area contributed by atoms with E-state index >= 15 is 0 Å². The average Bonchev–Trinajstić information content (AvgIpc) is 2.49. The molecule has 0 fully saturated rings. The maximum atomic E-state index is 13.8. The Bertz CT molecular complexity index is 554. The quantitative estimate of drug-likeness (QED) is 0.868. The zero-order valence-corrected chi connectivity index (χ0v) is 12.6. The van der Waals surface area contributed by atoms with Crippen LogP contribution >= 0.6 is 11.6 Å². The fraction of sp³-hybridized carbons (Fsp3) is 0.294. The maximum Gasteiger partial charge on any atom is 0.127 e. The third-order valence-corrected chi connectivity index (χ3v) is 3.65. The zero-order valence-electron chi connectivity index (χ0n) is 11.8. The lowest BCUT2D eigenvalue weighted by Crippen LogP contribution is -2.24. The van der Waals surface area contributed by atoms with Gasteiger partial charge < -0.3 is 9.84 Å². The van der Waals surface area contributed by atoms with Gasteiger partial charge in [0, 0.05) is 23.6 Å². The molecule has 0 aliphatic rings. The van der Waals surface area contributed by atoms with Crippen LogP contribution in [0.4, 0.5) is 4.39 Å². The number of halogens is 2. The van der Waals surface area contributed by atoms with Gasteiger partial charge in [0.05, 0.1) is 6.10 Å². The largest absolute Gasteiger partial charge is 0.390 e. The van der Waals surface area contributed by atoms with Crippen LogP contribution in [0.25, 0.3) is 0 Å². The summed E-state index contributed by atoms with van der Waals surface area (Å²) in [7, 11) is 0. The summed E-state index contributed by atoms with van der Waals surface area (Å²) in [6.07, 6.45) is -1.28. The summed E-state index contributed by atoms with van der Waals surface area (Å²) in [5, 5.41) is 10.8. The highest BCUT2D eigenvalue weighted by Gasteiger charge is 2.23. The maximum absolute atomic E-state index is 13.8. The Labute approximate surface area is 129 Å². The van der Waals surface area contributed by atoms with Gasteiger partial charge in [0.15, 0.2) is 0 Å². The van der Waals surface area contributed by atoms with Crippen LogP contribution in [0.5, 0.6) is 0 Å². The molecule has 2 rings (SSSR count). The van der Waals surface area contributed by atoms with Crippen molar-refractivity contribution >= 4 is 11.6 Å². The van der Waals surface area contributed by atoms with Gasteiger partial charge in [-0.05, 0) is 24.6 Å². The van der Waals surface area contributed by atoms with Gasteiger partial charge >= 0.3 is 0 Å². The van der Waals surface area contributed by atoms with E-state index < -0.39 is 18.0 Å². The molecule has 2 aromatic carbocycles. The van der Waals surface area contributed by atoms with Gasteiger partial charge in [0.1, 0.15) is 11.9 Å². The summed E-state index contributed by atoms with van der Waals surface area (Å²) in [4.78, 5) is 0. The molecule has 4 heteroatoms. The Balaban J connectivity index is 2.21. The summed E-state index contributed by atoms with van der Waals surface area (Å²) < 4.78 is 19.5. The van der Waals surface area contributed by atoms with Crippen molar-refractivity contribution in [3.8, 4) is 0 Å². The minimum Gasteiger partial charge on any atom is -0.390 e. The Morgan fingerprint density at radius 3 is 2.48 bits per heavy atom. The van der Waals surface area contributed by atoms with E-state index in [9.17, 15) is 9.50 Å². The molecule has 0 spiro atoms. The van der Waals surface area contributed by atoms with Crippen molar-refractivity contribution in [2.45, 2.75) is 25.6 Å². The molecule has 2 aromatic rings. The number of aliphatic hydroxyl groups is 1. The van der Waals surface area contributed by atoms with Crippen LogP contribution in [0.1, 0.15) is 24.2 Å². The molecule has 112 valence electrons. The fourth-order valence-electron chi connectivity index (χ4n) is 2.30. The van der Waals surface area contributed by atoms with Crippen LogP contribution in [0, 0.1) is 5.82 Å². The second kappa shape index (κ2) is 7.55. The van der Waals surface area contributed by atoms with Crippen molar-refractivity contribution in [2.75, 3.05) is 6.61 Å². The van der Waals surface area contributed by atoms with Crippen LogP contribution in [-0.4, -0.2) is 17.8 Å². The topological polar surface area (TPSA) is 29.5 Å². The number of benzene rings is 2. The van der Waals surface area contributed by atoms with Crippen LogP contribution in [0.2, 0.25) is 5.02 Å². The fourth-order valence-corrected chi connectivity index (χ4v) is 2.54. The van der Waals surface area contributed by atoms with E-state index in [1.807, 2.05) is 37.3 Å². The van der Waals surface area contributed by atoms with E-state index in [1.54, 1.807) is 12.1 Å². The monoisotopic (exact) mass is 308 g/mol. The van der Waals surface area contributed by atoms with Gasteiger partial charge in [-0.3, -0.25) is 0 Å². The molecule has 2 nitrogen and oxygen atoms in total. The van der Waals surface area contributed by atoms with E-state index in [0.29, 0.717) is 17.2 Å². The normalized spacial score (nSPS) is 13.9. The summed E-state index contributed by atoms with van der Waals surface area (Å²) in [6, 6.07) is 13.9. The molecule has 0 aromatic heterocycles. The minimum absolute atomic E-state index is 0.102. The first kappa shape index (κ1) is 16.0. The van der Waals surface area contributed by atoms with E-state index in [0.717, 1.165) is 5.56 Å². The molecule has 2 atom stereocenters. The summed E-state index contributed by atoms with van der Waals surface area (Å²) in [5.74, 6) is -0.412. The van der Waals surface area contributed by atoms with Crippen LogP contribution in [-0.2, 0) is 11.2 Å². The first-order valence-corrected chi connectivity index (χ1v) is 7.28. The number of hydrogen-bond donors (Lipinski definition) is 1. The Hall–Kier alpha value is -1.42. The Morgan fingerprint density at radius 1 is 1.14 bits per heavy atom. The van der Waals surface area contributed by atoms with E-state index in [1.165, 1.54) is 6.07 Å². The average molecular weight is 309 g/mol. The van der Waals surface area contributed by atoms with Gasteiger partial charge in [-0.15, -0.1) is 0 Å². The number of aliphatic hydroxyl groups excluding tert-OH is 1. The molecule has 0 amide bonds. The summed E-state index contributed by atoms with van der Waals surface area (Å²) in [5.41, 5.74) is 1.17. The minimum atomic E-state index is -0.873. The van der Waals surface area contributed by atoms with E-state index in [-0.39, 0.29) is 6.42 Å². The lowest BCUT2D eigenvalue weighted by Gasteiger charge is -2.24. The van der Waals surface area contributed by atoms with Crippen molar-refractivity contribution in [3.05, 3.63) is 70.5 Å². The van der Waals surface area contributed by atoms with Crippen molar-refractivity contribution in [1.29, 1.82) is 0 Å². The molecular weight excluding hydrogens is 291 g/mol. The lowest BCUT2D eigenvalue weighted by atomic mass is 9.98. The van der Waals surface area contributed by atoms with Crippen LogP contribution in [0.15, 0.2) is 48.5 Å². The molecule has 1 N–H and O–H groups in total. The number of ether oxygens (including phenoxy) is 1. The van der Waals surface area contributed by atoms with Crippen molar-refractivity contribution in [3.63, 3.8) is 0 Å². The second-order valence-electron chi connectivity index (χ2n) is 4.76. The first-order chi connectivity index (χ1) is 10.1. The highest BCUT2D eigenvalue weighted by molar-refractivity contribution is 6.31. The highest BCUT2D eigenvalue weighted by atomic mass is 35.5. The number of rotatable bonds is 6. The van der Waals surface area contributed by atoms with Crippen molar-refractivity contribution < 1.29 is 14.2 Å². The Morgan fingerprint density at radius 2 is 1.86 bits per heavy atom. The SMILES string of the molecule is CCOC(c1ccccc1)C(O)Cc1c(F)cccc1Cl. The molecule has 0 saturated carbocycles. The molecule has 0 aliphatic heterocycles. The second-order valence-corrected chi connectivity index (χ2v) is 5.17. The molecule has 0 bridgehead atoms. The third kappa shape index (κ3) is 4.03. The lowest BCUT2D eigenvalue weighted by molar-refractivity contribution is -0.0342. The van der Waals surface area contributed by atoms with Gasteiger partial charge in [-0.1, -0.05) is 48.0 Å². The first-order valence-electron chi connectivity index (χ1n) is 6.91. The predicted octanol–water partition coefficient (Wildman–Crippen LogP) is 4.16. The van der Waals surface area contributed by atoms with E-state index in [2.05, 4.69) is 0 Å². The molecule has 0 heterocycles. The third-order valence-electron chi connectivity index (χ3n) is 3.30. The summed E-state index contributed by atoms with van der Waals surface area (Å²) >= 11 is 6.01.